The number of nitrogens with one attached hydrogen (secondary N) is 3. The van der Waals surface area contributed by atoms with Crippen LogP contribution in [-0.4, -0.2) is 64.8 Å². The third kappa shape index (κ3) is 10.1. The minimum Gasteiger partial charge on any atom is -0.480 e. The molecule has 0 aliphatic rings. The number of primary amides is 2. The summed E-state index contributed by atoms with van der Waals surface area (Å²) in [5.74, 6) is -5.59. The van der Waals surface area contributed by atoms with Gasteiger partial charge >= 0.3 is 5.97 Å². The van der Waals surface area contributed by atoms with E-state index < -0.39 is 66.1 Å². The van der Waals surface area contributed by atoms with Gasteiger partial charge in [-0.05, 0) is 25.3 Å². The molecule has 0 fully saturated rings. The standard InChI is InChI=1S/C21H30N6O7/c1-11(25-19(31)13(22)9-12-5-3-2-4-6-12)18(30)26-14(7-8-16(23)28)20(32)27-15(21(33)34)10-17(24)29/h2-6,11,13-15H,7-10,22H2,1H3,(H2,23,28)(H2,24,29)(H,25,31)(H,26,30)(H,27,32)(H,33,34). The lowest BCUT2D eigenvalue weighted by molar-refractivity contribution is -0.144. The molecule has 1 aromatic carbocycles. The Hall–Kier alpha value is -4.00. The molecule has 0 aliphatic carbocycles. The van der Waals surface area contributed by atoms with Gasteiger partial charge in [-0.25, -0.2) is 4.79 Å². The van der Waals surface area contributed by atoms with Crippen LogP contribution in [0.5, 0.6) is 0 Å². The van der Waals surface area contributed by atoms with Gasteiger partial charge in [0.15, 0.2) is 0 Å². The minimum atomic E-state index is -1.63. The van der Waals surface area contributed by atoms with E-state index in [4.69, 9.17) is 22.3 Å². The summed E-state index contributed by atoms with van der Waals surface area (Å²) in [6.07, 6.45) is -0.983. The monoisotopic (exact) mass is 478 g/mol. The fourth-order valence-corrected chi connectivity index (χ4v) is 2.87. The summed E-state index contributed by atoms with van der Waals surface area (Å²) in [4.78, 5) is 70.9. The van der Waals surface area contributed by atoms with Crippen molar-refractivity contribution in [2.45, 2.75) is 56.8 Å². The maximum absolute atomic E-state index is 12.6. The number of amides is 5. The van der Waals surface area contributed by atoms with Gasteiger partial charge in [0, 0.05) is 6.42 Å². The third-order valence-corrected chi connectivity index (χ3v) is 4.72. The average molecular weight is 479 g/mol. The first-order valence-electron chi connectivity index (χ1n) is 10.4. The van der Waals surface area contributed by atoms with Crippen LogP contribution in [0, 0.1) is 0 Å². The SMILES string of the molecule is CC(NC(=O)C(N)Cc1ccccc1)C(=O)NC(CCC(N)=O)C(=O)NC(CC(N)=O)C(=O)O. The van der Waals surface area contributed by atoms with Crippen molar-refractivity contribution in [3.05, 3.63) is 35.9 Å². The zero-order chi connectivity index (χ0) is 25.8. The normalized spacial score (nSPS) is 14.1. The van der Waals surface area contributed by atoms with Crippen LogP contribution in [0.2, 0.25) is 0 Å². The van der Waals surface area contributed by atoms with E-state index in [1.807, 2.05) is 6.07 Å². The Balaban J connectivity index is 2.79. The van der Waals surface area contributed by atoms with Crippen molar-refractivity contribution < 1.29 is 33.9 Å². The quantitative estimate of drug-likeness (QED) is 0.148. The number of carboxylic acids is 1. The summed E-state index contributed by atoms with van der Waals surface area (Å²) < 4.78 is 0. The number of rotatable bonds is 14. The van der Waals surface area contributed by atoms with Crippen molar-refractivity contribution in [2.75, 3.05) is 0 Å². The zero-order valence-electron chi connectivity index (χ0n) is 18.7. The summed E-state index contributed by atoms with van der Waals surface area (Å²) in [6, 6.07) is 3.96. The summed E-state index contributed by atoms with van der Waals surface area (Å²) >= 11 is 0. The smallest absolute Gasteiger partial charge is 0.326 e. The van der Waals surface area contributed by atoms with Gasteiger partial charge in [-0.15, -0.1) is 0 Å². The van der Waals surface area contributed by atoms with E-state index in [-0.39, 0.29) is 19.3 Å². The summed E-state index contributed by atoms with van der Waals surface area (Å²) in [6.45, 7) is 1.36. The highest BCUT2D eigenvalue weighted by Crippen LogP contribution is 2.04. The van der Waals surface area contributed by atoms with Crippen LogP contribution in [0.3, 0.4) is 0 Å². The Morgan fingerprint density at radius 3 is 1.97 bits per heavy atom. The molecule has 5 amide bonds. The molecule has 1 rings (SSSR count). The molecule has 0 bridgehead atoms. The lowest BCUT2D eigenvalue weighted by Crippen LogP contribution is -2.56. The van der Waals surface area contributed by atoms with Gasteiger partial charge in [0.2, 0.25) is 29.5 Å². The Morgan fingerprint density at radius 1 is 0.853 bits per heavy atom. The Morgan fingerprint density at radius 2 is 1.44 bits per heavy atom. The first-order valence-corrected chi connectivity index (χ1v) is 10.4. The first-order chi connectivity index (χ1) is 15.9. The molecule has 10 N–H and O–H groups in total. The van der Waals surface area contributed by atoms with Crippen molar-refractivity contribution in [2.24, 2.45) is 17.2 Å². The van der Waals surface area contributed by atoms with Gasteiger partial charge in [-0.2, -0.15) is 0 Å². The summed E-state index contributed by atoms with van der Waals surface area (Å²) in [5, 5.41) is 16.0. The van der Waals surface area contributed by atoms with Gasteiger partial charge in [-0.3, -0.25) is 24.0 Å². The van der Waals surface area contributed by atoms with E-state index >= 15 is 0 Å². The van der Waals surface area contributed by atoms with Crippen molar-refractivity contribution in [1.82, 2.24) is 16.0 Å². The van der Waals surface area contributed by atoms with Gasteiger partial charge in [0.05, 0.1) is 12.5 Å². The fraction of sp³-hybridized carbons (Fsp3) is 0.429. The number of carbonyl (C=O) groups is 6. The number of hydrogen-bond acceptors (Lipinski definition) is 7. The molecule has 4 unspecified atom stereocenters. The zero-order valence-corrected chi connectivity index (χ0v) is 18.7. The van der Waals surface area contributed by atoms with Crippen LogP contribution in [-0.2, 0) is 35.2 Å². The second kappa shape index (κ2) is 13.5. The van der Waals surface area contributed by atoms with Crippen LogP contribution in [0.1, 0.15) is 31.7 Å². The highest BCUT2D eigenvalue weighted by atomic mass is 16.4. The first kappa shape index (κ1) is 28.0. The fourth-order valence-electron chi connectivity index (χ4n) is 2.87. The van der Waals surface area contributed by atoms with Gasteiger partial charge < -0.3 is 38.3 Å². The van der Waals surface area contributed by atoms with Crippen LogP contribution in [0.25, 0.3) is 0 Å². The number of benzene rings is 1. The Kier molecular flexibility index (Phi) is 11.2. The highest BCUT2D eigenvalue weighted by Gasteiger charge is 2.29. The molecule has 34 heavy (non-hydrogen) atoms. The molecular weight excluding hydrogens is 448 g/mol. The highest BCUT2D eigenvalue weighted by molar-refractivity contribution is 5.95. The van der Waals surface area contributed by atoms with E-state index in [0.29, 0.717) is 0 Å². The Bertz CT molecular complexity index is 908. The van der Waals surface area contributed by atoms with Crippen LogP contribution >= 0.6 is 0 Å². The van der Waals surface area contributed by atoms with Gasteiger partial charge in [0.25, 0.3) is 0 Å². The molecule has 4 atom stereocenters. The van der Waals surface area contributed by atoms with Crippen molar-refractivity contribution in [3.63, 3.8) is 0 Å². The second-order valence-corrected chi connectivity index (χ2v) is 7.66. The van der Waals surface area contributed by atoms with Crippen molar-refractivity contribution >= 4 is 35.5 Å². The molecule has 0 radical (unpaired) electrons. The molecule has 0 heterocycles. The van der Waals surface area contributed by atoms with E-state index in [9.17, 15) is 28.8 Å². The van der Waals surface area contributed by atoms with E-state index in [1.54, 1.807) is 24.3 Å². The topological polar surface area (TPSA) is 237 Å². The summed E-state index contributed by atoms with van der Waals surface area (Å²) in [7, 11) is 0. The molecule has 0 saturated carbocycles. The van der Waals surface area contributed by atoms with Crippen LogP contribution in [0.4, 0.5) is 0 Å². The Labute approximate surface area is 195 Å². The lowest BCUT2D eigenvalue weighted by atomic mass is 10.1. The maximum Gasteiger partial charge on any atom is 0.326 e. The second-order valence-electron chi connectivity index (χ2n) is 7.66. The van der Waals surface area contributed by atoms with Crippen LogP contribution < -0.4 is 33.2 Å². The molecule has 13 nitrogen and oxygen atoms in total. The van der Waals surface area contributed by atoms with Gasteiger partial charge in [0.1, 0.15) is 18.1 Å². The number of hydrogen-bond donors (Lipinski definition) is 7. The van der Waals surface area contributed by atoms with Gasteiger partial charge in [-0.1, -0.05) is 30.3 Å². The summed E-state index contributed by atoms with van der Waals surface area (Å²) in [5.41, 5.74) is 16.8. The molecular formula is C21H30N6O7. The predicted molar refractivity (Wildman–Crippen MR) is 119 cm³/mol. The molecule has 1 aromatic rings. The number of carboxylic acid groups (broad SMARTS) is 1. The predicted octanol–water partition coefficient (Wildman–Crippen LogP) is -2.74. The largest absolute Gasteiger partial charge is 0.480 e. The number of carbonyl (C=O) groups excluding carboxylic acids is 5. The van der Waals surface area contributed by atoms with E-state index in [1.165, 1.54) is 6.92 Å². The molecule has 0 spiro atoms. The maximum atomic E-state index is 12.6. The molecule has 0 aromatic heterocycles. The minimum absolute atomic E-state index is 0.237. The molecule has 13 heteroatoms. The lowest BCUT2D eigenvalue weighted by Gasteiger charge is -2.23. The van der Waals surface area contributed by atoms with Crippen molar-refractivity contribution in [1.29, 1.82) is 0 Å². The number of nitrogens with two attached hydrogens (primary N) is 3. The van der Waals surface area contributed by atoms with Crippen molar-refractivity contribution in [3.8, 4) is 0 Å². The average Bonchev–Trinajstić information content (AvgIpc) is 2.75. The van der Waals surface area contributed by atoms with E-state index in [0.717, 1.165) is 5.56 Å². The molecule has 0 saturated heterocycles. The number of aliphatic carboxylic acids is 1. The third-order valence-electron chi connectivity index (χ3n) is 4.72. The molecule has 186 valence electrons. The molecule has 0 aliphatic heterocycles. The van der Waals surface area contributed by atoms with E-state index in [2.05, 4.69) is 16.0 Å². The van der Waals surface area contributed by atoms with Crippen LogP contribution in [0.15, 0.2) is 30.3 Å².